The first-order valence-electron chi connectivity index (χ1n) is 3.74. The summed E-state index contributed by atoms with van der Waals surface area (Å²) in [4.78, 5) is 14.9. The lowest BCUT2D eigenvalue weighted by atomic mass is 10.1. The number of amides is 1. The molecule has 0 radical (unpaired) electrons. The van der Waals surface area contributed by atoms with Crippen LogP contribution >= 0.6 is 0 Å². The lowest BCUT2D eigenvalue weighted by molar-refractivity contribution is -0.130. The normalized spacial score (nSPS) is 11.4. The lowest BCUT2D eigenvalue weighted by Gasteiger charge is -2.13. The van der Waals surface area contributed by atoms with Gasteiger partial charge in [0.2, 0.25) is 0 Å². The van der Waals surface area contributed by atoms with Crippen molar-refractivity contribution in [1.82, 2.24) is 10.1 Å². The fourth-order valence-electron chi connectivity index (χ4n) is 0.598. The molecule has 72 valence electrons. The van der Waals surface area contributed by atoms with E-state index in [-0.39, 0.29) is 6.01 Å². The van der Waals surface area contributed by atoms with Crippen LogP contribution in [-0.2, 0) is 4.79 Å². The number of hydrogen-bond donors (Lipinski definition) is 2. The van der Waals surface area contributed by atoms with Crippen LogP contribution in [0.3, 0.4) is 0 Å². The molecule has 0 atom stereocenters. The lowest BCUT2D eigenvalue weighted by Crippen LogP contribution is -2.36. The molecule has 6 heteroatoms. The highest BCUT2D eigenvalue weighted by molar-refractivity contribution is 5.94. The van der Waals surface area contributed by atoms with Crippen LogP contribution in [0.1, 0.15) is 19.7 Å². The summed E-state index contributed by atoms with van der Waals surface area (Å²) < 4.78 is 4.63. The molecule has 0 saturated heterocycles. The average Bonchev–Trinajstić information content (AvgIpc) is 2.33. The van der Waals surface area contributed by atoms with Crippen LogP contribution < -0.4 is 5.32 Å². The molecular weight excluding hydrogens is 174 g/mol. The van der Waals surface area contributed by atoms with E-state index in [2.05, 4.69) is 20.0 Å². The number of aliphatic hydroxyl groups is 1. The van der Waals surface area contributed by atoms with Crippen molar-refractivity contribution in [1.29, 1.82) is 0 Å². The van der Waals surface area contributed by atoms with E-state index in [1.165, 1.54) is 13.8 Å². The van der Waals surface area contributed by atoms with Gasteiger partial charge in [0.15, 0.2) is 5.82 Å². The van der Waals surface area contributed by atoms with E-state index in [1.807, 2.05) is 0 Å². The Bertz CT molecular complexity index is 313. The largest absolute Gasteiger partial charge is 0.381 e. The minimum atomic E-state index is -1.46. The third-order valence-electron chi connectivity index (χ3n) is 1.30. The smallest absolute Gasteiger partial charge is 0.328 e. The minimum Gasteiger partial charge on any atom is -0.381 e. The maximum Gasteiger partial charge on any atom is 0.328 e. The van der Waals surface area contributed by atoms with Gasteiger partial charge in [0.05, 0.1) is 0 Å². The van der Waals surface area contributed by atoms with Gasteiger partial charge < -0.3 is 9.63 Å². The molecule has 13 heavy (non-hydrogen) atoms. The van der Waals surface area contributed by atoms with E-state index in [0.29, 0.717) is 5.82 Å². The Morgan fingerprint density at radius 2 is 2.23 bits per heavy atom. The van der Waals surface area contributed by atoms with Gasteiger partial charge in [0.25, 0.3) is 5.91 Å². The fourth-order valence-corrected chi connectivity index (χ4v) is 0.598. The van der Waals surface area contributed by atoms with Gasteiger partial charge in [-0.2, -0.15) is 4.98 Å². The molecular formula is C7H11N3O3. The van der Waals surface area contributed by atoms with E-state index in [9.17, 15) is 9.90 Å². The van der Waals surface area contributed by atoms with Gasteiger partial charge in [-0.25, -0.2) is 0 Å². The van der Waals surface area contributed by atoms with Gasteiger partial charge in [0, 0.05) is 0 Å². The predicted octanol–water partition coefficient (Wildman–Crippen LogP) is 0.0874. The van der Waals surface area contributed by atoms with Crippen LogP contribution in [0.5, 0.6) is 0 Å². The third-order valence-corrected chi connectivity index (χ3v) is 1.30. The van der Waals surface area contributed by atoms with Crippen LogP contribution in [0, 0.1) is 6.92 Å². The maximum atomic E-state index is 11.2. The number of anilines is 1. The van der Waals surface area contributed by atoms with Gasteiger partial charge in [-0.15, -0.1) is 0 Å². The molecule has 0 aromatic carbocycles. The second kappa shape index (κ2) is 3.14. The molecule has 1 amide bonds. The maximum absolute atomic E-state index is 11.2. The Morgan fingerprint density at radius 1 is 1.62 bits per heavy atom. The Morgan fingerprint density at radius 3 is 2.62 bits per heavy atom. The average molecular weight is 185 g/mol. The van der Waals surface area contributed by atoms with Crippen molar-refractivity contribution in [2.75, 3.05) is 5.32 Å². The zero-order valence-electron chi connectivity index (χ0n) is 7.66. The molecule has 0 unspecified atom stereocenters. The zero-order chi connectivity index (χ0) is 10.1. The molecule has 0 fully saturated rings. The quantitative estimate of drug-likeness (QED) is 0.681. The second-order valence-corrected chi connectivity index (χ2v) is 3.16. The van der Waals surface area contributed by atoms with Crippen molar-refractivity contribution in [3.63, 3.8) is 0 Å². The number of nitrogens with zero attached hydrogens (tertiary/aromatic N) is 2. The second-order valence-electron chi connectivity index (χ2n) is 3.16. The number of hydrogen-bond acceptors (Lipinski definition) is 5. The molecule has 1 rings (SSSR count). The zero-order valence-corrected chi connectivity index (χ0v) is 7.66. The highest BCUT2D eigenvalue weighted by Gasteiger charge is 2.25. The number of carbonyl (C=O) groups excluding carboxylic acids is 1. The van der Waals surface area contributed by atoms with Crippen LogP contribution in [0.25, 0.3) is 0 Å². The highest BCUT2D eigenvalue weighted by Crippen LogP contribution is 2.07. The van der Waals surface area contributed by atoms with Gasteiger partial charge in [-0.3, -0.25) is 10.1 Å². The number of aromatic nitrogens is 2. The summed E-state index contributed by atoms with van der Waals surface area (Å²) in [5.74, 6) is -0.165. The van der Waals surface area contributed by atoms with Crippen molar-refractivity contribution in [2.24, 2.45) is 0 Å². The van der Waals surface area contributed by atoms with Gasteiger partial charge >= 0.3 is 6.01 Å². The first-order chi connectivity index (χ1) is 5.89. The summed E-state index contributed by atoms with van der Waals surface area (Å²) in [6.45, 7) is 4.36. The standard InChI is InChI=1S/C7H11N3O3/c1-4-8-6(13-10-4)9-5(11)7(2,3)12/h12H,1-3H3,(H,8,9,10,11). The molecule has 1 aromatic rings. The molecule has 0 aliphatic heterocycles. The van der Waals surface area contributed by atoms with Crippen LogP contribution in [-0.4, -0.2) is 26.8 Å². The van der Waals surface area contributed by atoms with Crippen molar-refractivity contribution >= 4 is 11.9 Å². The SMILES string of the molecule is Cc1noc(NC(=O)C(C)(C)O)n1. The molecule has 0 aliphatic rings. The monoisotopic (exact) mass is 185 g/mol. The molecule has 0 aliphatic carbocycles. The van der Waals surface area contributed by atoms with Gasteiger partial charge in [-0.05, 0) is 20.8 Å². The Labute approximate surface area is 74.9 Å². The summed E-state index contributed by atoms with van der Waals surface area (Å²) in [6, 6.07) is -0.00961. The number of carbonyl (C=O) groups is 1. The van der Waals surface area contributed by atoms with Crippen LogP contribution in [0.15, 0.2) is 4.52 Å². The van der Waals surface area contributed by atoms with E-state index >= 15 is 0 Å². The Kier molecular flexibility index (Phi) is 2.33. The first-order valence-corrected chi connectivity index (χ1v) is 3.74. The summed E-state index contributed by atoms with van der Waals surface area (Å²) in [6.07, 6.45) is 0. The molecule has 0 saturated carbocycles. The van der Waals surface area contributed by atoms with E-state index in [4.69, 9.17) is 0 Å². The number of aryl methyl sites for hydroxylation is 1. The summed E-state index contributed by atoms with van der Waals surface area (Å²) in [5.41, 5.74) is -1.46. The van der Waals surface area contributed by atoms with Crippen molar-refractivity contribution < 1.29 is 14.4 Å². The van der Waals surface area contributed by atoms with Gasteiger partial charge in [0.1, 0.15) is 5.60 Å². The predicted molar refractivity (Wildman–Crippen MR) is 44.0 cm³/mol. The highest BCUT2D eigenvalue weighted by atomic mass is 16.5. The minimum absolute atomic E-state index is 0.00961. The van der Waals surface area contributed by atoms with E-state index < -0.39 is 11.5 Å². The summed E-state index contributed by atoms with van der Waals surface area (Å²) >= 11 is 0. The van der Waals surface area contributed by atoms with E-state index in [0.717, 1.165) is 0 Å². The first kappa shape index (κ1) is 9.66. The molecule has 1 aromatic heterocycles. The topological polar surface area (TPSA) is 88.2 Å². The molecule has 0 spiro atoms. The molecule has 0 bridgehead atoms. The third kappa shape index (κ3) is 2.51. The Hall–Kier alpha value is -1.43. The van der Waals surface area contributed by atoms with Gasteiger partial charge in [-0.1, -0.05) is 5.16 Å². The van der Waals surface area contributed by atoms with Crippen molar-refractivity contribution in [2.45, 2.75) is 26.4 Å². The number of nitrogens with one attached hydrogen (secondary N) is 1. The molecule has 1 heterocycles. The summed E-state index contributed by atoms with van der Waals surface area (Å²) in [7, 11) is 0. The van der Waals surface area contributed by atoms with Crippen molar-refractivity contribution in [3.8, 4) is 0 Å². The van der Waals surface area contributed by atoms with Crippen LogP contribution in [0.2, 0.25) is 0 Å². The molecule has 6 nitrogen and oxygen atoms in total. The fraction of sp³-hybridized carbons (Fsp3) is 0.571. The van der Waals surface area contributed by atoms with E-state index in [1.54, 1.807) is 6.92 Å². The molecule has 2 N–H and O–H groups in total. The summed E-state index contributed by atoms with van der Waals surface area (Å²) in [5, 5.41) is 15.0. The number of rotatable bonds is 2. The Balaban J connectivity index is 2.65. The van der Waals surface area contributed by atoms with Crippen molar-refractivity contribution in [3.05, 3.63) is 5.82 Å². The van der Waals surface area contributed by atoms with Crippen LogP contribution in [0.4, 0.5) is 6.01 Å².